The van der Waals surface area contributed by atoms with Gasteiger partial charge in [0.1, 0.15) is 5.82 Å². The number of likely N-dealkylation sites (tertiary alicyclic amines) is 1. The van der Waals surface area contributed by atoms with Gasteiger partial charge in [0.2, 0.25) is 11.8 Å². The normalized spacial score (nSPS) is 20.0. The lowest BCUT2D eigenvalue weighted by atomic mass is 9.97. The second-order valence-corrected chi connectivity index (χ2v) is 9.10. The third-order valence-corrected chi connectivity index (χ3v) is 6.87. The van der Waals surface area contributed by atoms with Gasteiger partial charge in [0.15, 0.2) is 5.16 Å². The number of nitrogens with zero attached hydrogens (tertiary/aromatic N) is 4. The molecule has 0 unspecified atom stereocenters. The number of thioether (sulfide) groups is 1. The number of nitrogens with two attached hydrogens (primary N) is 1. The van der Waals surface area contributed by atoms with Crippen molar-refractivity contribution < 1.29 is 9.59 Å². The lowest BCUT2D eigenvalue weighted by molar-refractivity contribution is -0.132. The molecule has 1 aliphatic heterocycles. The number of aromatic nitrogens is 3. The van der Waals surface area contributed by atoms with E-state index in [0.29, 0.717) is 24.9 Å². The van der Waals surface area contributed by atoms with Crippen LogP contribution < -0.4 is 5.73 Å². The van der Waals surface area contributed by atoms with Crippen LogP contribution in [-0.2, 0) is 16.0 Å². The Hall–Kier alpha value is -1.87. The largest absolute Gasteiger partial charge is 0.369 e. The minimum Gasteiger partial charge on any atom is -0.369 e. The standard InChI is InChI=1S/C18H23N5O2S2/c19-17(25)12-3-1-7-22(10-12)16(24)11-27-18-21-20-15(23(18)13-5-6-13)9-14-4-2-8-26-14/h2,4,8,12-13H,1,3,5-7,9-11H2,(H2,19,25)/t12-/m1/s1. The molecule has 2 aliphatic rings. The van der Waals surface area contributed by atoms with Crippen molar-refractivity contribution in [3.8, 4) is 0 Å². The highest BCUT2D eigenvalue weighted by Crippen LogP contribution is 2.39. The second-order valence-electron chi connectivity index (χ2n) is 7.13. The molecule has 27 heavy (non-hydrogen) atoms. The van der Waals surface area contributed by atoms with Gasteiger partial charge in [-0.05, 0) is 37.1 Å². The van der Waals surface area contributed by atoms with Crippen LogP contribution in [0.1, 0.15) is 42.4 Å². The Morgan fingerprint density at radius 1 is 1.30 bits per heavy atom. The number of amides is 2. The number of primary amides is 1. The zero-order valence-corrected chi connectivity index (χ0v) is 16.7. The van der Waals surface area contributed by atoms with E-state index in [0.717, 1.165) is 43.1 Å². The van der Waals surface area contributed by atoms with Crippen molar-refractivity contribution in [1.29, 1.82) is 0 Å². The zero-order valence-electron chi connectivity index (χ0n) is 15.0. The highest BCUT2D eigenvalue weighted by Gasteiger charge is 2.31. The fourth-order valence-corrected chi connectivity index (χ4v) is 5.08. The first-order chi connectivity index (χ1) is 13.1. The lowest BCUT2D eigenvalue weighted by Gasteiger charge is -2.31. The Morgan fingerprint density at radius 2 is 2.15 bits per heavy atom. The number of piperidine rings is 1. The molecular weight excluding hydrogens is 382 g/mol. The molecule has 0 radical (unpaired) electrons. The van der Waals surface area contributed by atoms with Gasteiger partial charge in [-0.1, -0.05) is 17.8 Å². The Morgan fingerprint density at radius 3 is 2.85 bits per heavy atom. The predicted octanol–water partition coefficient (Wildman–Crippen LogP) is 2.08. The van der Waals surface area contributed by atoms with Gasteiger partial charge in [-0.25, -0.2) is 0 Å². The van der Waals surface area contributed by atoms with Crippen molar-refractivity contribution in [3.05, 3.63) is 28.2 Å². The minimum atomic E-state index is -0.313. The van der Waals surface area contributed by atoms with Gasteiger partial charge in [0.05, 0.1) is 11.7 Å². The number of rotatable bonds is 7. The molecule has 1 aliphatic carbocycles. The van der Waals surface area contributed by atoms with Crippen molar-refractivity contribution in [3.63, 3.8) is 0 Å². The molecule has 0 spiro atoms. The van der Waals surface area contributed by atoms with Crippen molar-refractivity contribution in [2.45, 2.75) is 43.3 Å². The molecule has 2 aromatic rings. The Labute approximate surface area is 166 Å². The van der Waals surface area contributed by atoms with Crippen LogP contribution in [0.2, 0.25) is 0 Å². The van der Waals surface area contributed by atoms with E-state index < -0.39 is 0 Å². The molecule has 1 atom stereocenters. The third kappa shape index (κ3) is 4.35. The third-order valence-electron chi connectivity index (χ3n) is 5.06. The first-order valence-electron chi connectivity index (χ1n) is 9.28. The van der Waals surface area contributed by atoms with Gasteiger partial charge < -0.3 is 15.2 Å². The number of hydrogen-bond acceptors (Lipinski definition) is 6. The molecule has 1 saturated carbocycles. The molecule has 2 N–H and O–H groups in total. The molecule has 0 bridgehead atoms. The molecule has 2 aromatic heterocycles. The van der Waals surface area contributed by atoms with Crippen LogP contribution in [0.5, 0.6) is 0 Å². The molecule has 4 rings (SSSR count). The average Bonchev–Trinajstić information content (AvgIpc) is 3.22. The quantitative estimate of drug-likeness (QED) is 0.712. The summed E-state index contributed by atoms with van der Waals surface area (Å²) in [5.74, 6) is 0.792. The van der Waals surface area contributed by atoms with Crippen LogP contribution in [0.25, 0.3) is 0 Å². The summed E-state index contributed by atoms with van der Waals surface area (Å²) in [4.78, 5) is 27.0. The Balaban J connectivity index is 1.40. The zero-order chi connectivity index (χ0) is 18.8. The van der Waals surface area contributed by atoms with Gasteiger partial charge in [0, 0.05) is 30.4 Å². The van der Waals surface area contributed by atoms with E-state index in [2.05, 4.69) is 26.2 Å². The van der Waals surface area contributed by atoms with Crippen LogP contribution in [0.15, 0.2) is 22.7 Å². The van der Waals surface area contributed by atoms with Gasteiger partial charge in [-0.2, -0.15) is 0 Å². The fraction of sp³-hybridized carbons (Fsp3) is 0.556. The van der Waals surface area contributed by atoms with Gasteiger partial charge in [-0.15, -0.1) is 21.5 Å². The SMILES string of the molecule is NC(=O)[C@@H]1CCCN(C(=O)CSc2nnc(Cc3cccs3)n2C2CC2)C1. The van der Waals surface area contributed by atoms with E-state index in [9.17, 15) is 9.59 Å². The van der Waals surface area contributed by atoms with Crippen molar-refractivity contribution in [2.75, 3.05) is 18.8 Å². The maximum absolute atomic E-state index is 12.6. The highest BCUT2D eigenvalue weighted by atomic mass is 32.2. The van der Waals surface area contributed by atoms with Crippen LogP contribution in [0, 0.1) is 5.92 Å². The van der Waals surface area contributed by atoms with E-state index in [1.165, 1.54) is 16.6 Å². The van der Waals surface area contributed by atoms with Crippen molar-refractivity contribution >= 4 is 34.9 Å². The summed E-state index contributed by atoms with van der Waals surface area (Å²) in [7, 11) is 0. The number of thiophene rings is 1. The first-order valence-corrected chi connectivity index (χ1v) is 11.1. The molecule has 0 aromatic carbocycles. The Bertz CT molecular complexity index is 816. The van der Waals surface area contributed by atoms with Crippen LogP contribution in [-0.4, -0.2) is 50.3 Å². The van der Waals surface area contributed by atoms with E-state index in [1.807, 2.05) is 6.07 Å². The molecule has 144 valence electrons. The summed E-state index contributed by atoms with van der Waals surface area (Å²) < 4.78 is 2.21. The summed E-state index contributed by atoms with van der Waals surface area (Å²) in [5, 5.41) is 11.6. The van der Waals surface area contributed by atoms with E-state index >= 15 is 0 Å². The van der Waals surface area contributed by atoms with Crippen LogP contribution >= 0.6 is 23.1 Å². The molecule has 3 heterocycles. The smallest absolute Gasteiger partial charge is 0.233 e. The average molecular weight is 406 g/mol. The summed E-state index contributed by atoms with van der Waals surface area (Å²) >= 11 is 3.17. The van der Waals surface area contributed by atoms with Crippen LogP contribution in [0.3, 0.4) is 0 Å². The molecule has 1 saturated heterocycles. The second kappa shape index (κ2) is 8.02. The molecule has 2 amide bonds. The molecule has 7 nitrogen and oxygen atoms in total. The maximum Gasteiger partial charge on any atom is 0.233 e. The van der Waals surface area contributed by atoms with Crippen molar-refractivity contribution in [1.82, 2.24) is 19.7 Å². The van der Waals surface area contributed by atoms with E-state index in [1.54, 1.807) is 16.2 Å². The van der Waals surface area contributed by atoms with Gasteiger partial charge in [0.25, 0.3) is 0 Å². The summed E-state index contributed by atoms with van der Waals surface area (Å²) in [6.45, 7) is 1.13. The van der Waals surface area contributed by atoms with E-state index in [-0.39, 0.29) is 17.7 Å². The summed E-state index contributed by atoms with van der Waals surface area (Å²) in [5.41, 5.74) is 5.41. The van der Waals surface area contributed by atoms with Gasteiger partial charge in [-0.3, -0.25) is 9.59 Å². The van der Waals surface area contributed by atoms with Crippen molar-refractivity contribution in [2.24, 2.45) is 11.7 Å². The summed E-state index contributed by atoms with van der Waals surface area (Å²) in [6, 6.07) is 4.62. The molecule has 9 heteroatoms. The Kier molecular flexibility index (Phi) is 5.49. The lowest BCUT2D eigenvalue weighted by Crippen LogP contribution is -2.44. The monoisotopic (exact) mass is 405 g/mol. The molecule has 2 fully saturated rings. The maximum atomic E-state index is 12.6. The first kappa shape index (κ1) is 18.5. The van der Waals surface area contributed by atoms with E-state index in [4.69, 9.17) is 5.73 Å². The molecular formula is C18H23N5O2S2. The summed E-state index contributed by atoms with van der Waals surface area (Å²) in [6.07, 6.45) is 4.66. The topological polar surface area (TPSA) is 94.1 Å². The van der Waals surface area contributed by atoms with Gasteiger partial charge >= 0.3 is 0 Å². The number of carbonyl (C=O) groups is 2. The highest BCUT2D eigenvalue weighted by molar-refractivity contribution is 7.99. The number of hydrogen-bond donors (Lipinski definition) is 1. The minimum absolute atomic E-state index is 0.0381. The fourth-order valence-electron chi connectivity index (χ4n) is 3.45. The predicted molar refractivity (Wildman–Crippen MR) is 105 cm³/mol. The van der Waals surface area contributed by atoms with Crippen LogP contribution in [0.4, 0.5) is 0 Å². The number of carbonyl (C=O) groups excluding carboxylic acids is 2.